The van der Waals surface area contributed by atoms with Crippen molar-refractivity contribution >= 4 is 34.7 Å². The third kappa shape index (κ3) is 3.40. The van der Waals surface area contributed by atoms with Crippen LogP contribution in [-0.2, 0) is 10.5 Å². The number of hydrogen-bond donors (Lipinski definition) is 2. The molecule has 2 aromatic heterocycles. The van der Waals surface area contributed by atoms with Gasteiger partial charge in [-0.2, -0.15) is 0 Å². The van der Waals surface area contributed by atoms with Gasteiger partial charge in [0, 0.05) is 28.3 Å². The Bertz CT molecular complexity index is 1220. The van der Waals surface area contributed by atoms with Gasteiger partial charge in [-0.15, -0.1) is 11.3 Å². The summed E-state index contributed by atoms with van der Waals surface area (Å²) in [6, 6.07) is 10.4. The number of ketones is 1. The molecule has 0 saturated carbocycles. The summed E-state index contributed by atoms with van der Waals surface area (Å²) in [5, 5.41) is 5.63. The Balaban J connectivity index is 1.55. The Morgan fingerprint density at radius 1 is 1.17 bits per heavy atom. The molecule has 0 fully saturated rings. The van der Waals surface area contributed by atoms with E-state index >= 15 is 0 Å². The molecule has 1 atom stereocenters. The normalized spacial score (nSPS) is 18.0. The van der Waals surface area contributed by atoms with E-state index < -0.39 is 5.92 Å². The van der Waals surface area contributed by atoms with Crippen LogP contribution in [-0.4, -0.2) is 15.8 Å². The van der Waals surface area contributed by atoms with Crippen LogP contribution >= 0.6 is 23.1 Å². The zero-order chi connectivity index (χ0) is 20.7. The molecule has 30 heavy (non-hydrogen) atoms. The van der Waals surface area contributed by atoms with E-state index in [1.54, 1.807) is 18.2 Å². The molecule has 8 heteroatoms. The number of aromatic amines is 1. The van der Waals surface area contributed by atoms with Gasteiger partial charge >= 0.3 is 0 Å². The standard InChI is InChI=1S/C22H18FN3O2S2/c23-13-6-2-1-5-12(13)11-30-22-25-20-19(21(28)26-22)18(16-9-4-10-29-16)17-14(24-20)7-3-8-15(17)27/h1-2,4-6,9-10,18H,3,7-8,11H2,(H2,24,25,26,28). The van der Waals surface area contributed by atoms with Crippen LogP contribution in [0.15, 0.2) is 63.0 Å². The lowest BCUT2D eigenvalue weighted by Gasteiger charge is -2.32. The molecule has 2 N–H and O–H groups in total. The van der Waals surface area contributed by atoms with Crippen molar-refractivity contribution in [2.75, 3.05) is 5.32 Å². The maximum absolute atomic E-state index is 13.9. The van der Waals surface area contributed by atoms with E-state index in [2.05, 4.69) is 15.3 Å². The van der Waals surface area contributed by atoms with E-state index in [1.165, 1.54) is 29.2 Å². The summed E-state index contributed by atoms with van der Waals surface area (Å²) < 4.78 is 13.9. The monoisotopic (exact) mass is 439 g/mol. The van der Waals surface area contributed by atoms with Crippen molar-refractivity contribution in [3.63, 3.8) is 0 Å². The van der Waals surface area contributed by atoms with Crippen LogP contribution in [0, 0.1) is 5.82 Å². The summed E-state index contributed by atoms with van der Waals surface area (Å²) in [5.74, 6) is 0.254. The Hall–Kier alpha value is -2.71. The number of H-pyrrole nitrogens is 1. The van der Waals surface area contributed by atoms with Gasteiger partial charge in [0.1, 0.15) is 11.6 Å². The number of carbonyl (C=O) groups excluding carboxylic acids is 1. The number of fused-ring (bicyclic) bond motifs is 1. The maximum atomic E-state index is 13.9. The Morgan fingerprint density at radius 2 is 2.03 bits per heavy atom. The van der Waals surface area contributed by atoms with Gasteiger partial charge in [-0.3, -0.25) is 9.59 Å². The van der Waals surface area contributed by atoms with E-state index in [0.29, 0.717) is 39.8 Å². The summed E-state index contributed by atoms with van der Waals surface area (Å²) in [5.41, 5.74) is 2.30. The Kier molecular flexibility index (Phi) is 5.04. The summed E-state index contributed by atoms with van der Waals surface area (Å²) >= 11 is 2.81. The minimum Gasteiger partial charge on any atom is -0.343 e. The zero-order valence-corrected chi connectivity index (χ0v) is 17.5. The van der Waals surface area contributed by atoms with Gasteiger partial charge in [-0.1, -0.05) is 36.0 Å². The average Bonchev–Trinajstić information content (AvgIpc) is 3.26. The van der Waals surface area contributed by atoms with Gasteiger partial charge in [-0.05, 0) is 35.9 Å². The first-order valence-corrected chi connectivity index (χ1v) is 11.6. The van der Waals surface area contributed by atoms with Gasteiger partial charge in [0.25, 0.3) is 5.56 Å². The van der Waals surface area contributed by atoms with Gasteiger partial charge in [0.05, 0.1) is 11.5 Å². The quantitative estimate of drug-likeness (QED) is 0.450. The highest BCUT2D eigenvalue weighted by Crippen LogP contribution is 2.44. The molecule has 0 bridgehead atoms. The van der Waals surface area contributed by atoms with Crippen molar-refractivity contribution in [3.05, 3.63) is 85.2 Å². The largest absolute Gasteiger partial charge is 0.343 e. The molecule has 1 aliphatic heterocycles. The SMILES string of the molecule is O=C1CCCC2=C1C(c1cccs1)c1c(nc(SCc3ccccc3F)[nH]c1=O)N2. The molecule has 5 rings (SSSR count). The molecule has 1 unspecified atom stereocenters. The predicted molar refractivity (Wildman–Crippen MR) is 116 cm³/mol. The molecule has 0 radical (unpaired) electrons. The van der Waals surface area contributed by atoms with Crippen molar-refractivity contribution in [3.8, 4) is 0 Å². The molecule has 1 aliphatic carbocycles. The minimum atomic E-state index is -0.397. The Labute approximate surface area is 180 Å². The number of nitrogens with zero attached hydrogens (tertiary/aromatic N) is 1. The van der Waals surface area contributed by atoms with E-state index in [0.717, 1.165) is 23.4 Å². The molecule has 2 aliphatic rings. The van der Waals surface area contributed by atoms with E-state index in [1.807, 2.05) is 17.5 Å². The lowest BCUT2D eigenvalue weighted by Crippen LogP contribution is -2.32. The van der Waals surface area contributed by atoms with Crippen LogP contribution in [0.3, 0.4) is 0 Å². The van der Waals surface area contributed by atoms with Crippen LogP contribution in [0.25, 0.3) is 0 Å². The predicted octanol–water partition coefficient (Wildman–Crippen LogP) is 4.83. The number of nitrogens with one attached hydrogen (secondary N) is 2. The van der Waals surface area contributed by atoms with Crippen LogP contribution in [0.2, 0.25) is 0 Å². The van der Waals surface area contributed by atoms with E-state index in [9.17, 15) is 14.0 Å². The summed E-state index contributed by atoms with van der Waals surface area (Å²) in [6.45, 7) is 0. The zero-order valence-electron chi connectivity index (χ0n) is 15.9. The molecule has 0 saturated heterocycles. The minimum absolute atomic E-state index is 0.0882. The number of allylic oxidation sites excluding steroid dienone is 2. The van der Waals surface area contributed by atoms with Crippen LogP contribution < -0.4 is 10.9 Å². The number of Topliss-reactive ketones (excluding diaryl/α,β-unsaturated/α-hetero) is 1. The van der Waals surface area contributed by atoms with Crippen LogP contribution in [0.4, 0.5) is 10.2 Å². The molecule has 3 aromatic rings. The molecule has 0 spiro atoms. The Morgan fingerprint density at radius 3 is 2.83 bits per heavy atom. The number of anilines is 1. The van der Waals surface area contributed by atoms with E-state index in [4.69, 9.17) is 0 Å². The fourth-order valence-corrected chi connectivity index (χ4v) is 5.70. The molecular weight excluding hydrogens is 421 g/mol. The molecule has 152 valence electrons. The van der Waals surface area contributed by atoms with E-state index in [-0.39, 0.29) is 17.2 Å². The van der Waals surface area contributed by atoms with Gasteiger partial charge in [0.15, 0.2) is 10.9 Å². The van der Waals surface area contributed by atoms with Crippen molar-refractivity contribution in [1.29, 1.82) is 0 Å². The summed E-state index contributed by atoms with van der Waals surface area (Å²) in [4.78, 5) is 34.3. The number of thiophene rings is 1. The van der Waals surface area contributed by atoms with Gasteiger partial charge < -0.3 is 10.3 Å². The second kappa shape index (κ2) is 7.85. The highest BCUT2D eigenvalue weighted by atomic mass is 32.2. The second-order valence-corrected chi connectivity index (χ2v) is 9.20. The number of thioether (sulfide) groups is 1. The first kappa shape index (κ1) is 19.3. The molecule has 1 aromatic carbocycles. The van der Waals surface area contributed by atoms with Crippen molar-refractivity contribution in [2.24, 2.45) is 0 Å². The highest BCUT2D eigenvalue weighted by molar-refractivity contribution is 7.98. The third-order valence-corrected chi connectivity index (χ3v) is 7.25. The number of carbonyl (C=O) groups is 1. The number of aromatic nitrogens is 2. The first-order chi connectivity index (χ1) is 14.6. The number of halogens is 1. The first-order valence-electron chi connectivity index (χ1n) is 9.69. The highest BCUT2D eigenvalue weighted by Gasteiger charge is 2.38. The molecular formula is C22H18FN3O2S2. The van der Waals surface area contributed by atoms with Crippen molar-refractivity contribution < 1.29 is 9.18 Å². The molecule has 0 amide bonds. The fraction of sp³-hybridized carbons (Fsp3) is 0.227. The van der Waals surface area contributed by atoms with Crippen molar-refractivity contribution in [2.45, 2.75) is 36.1 Å². The summed E-state index contributed by atoms with van der Waals surface area (Å²) in [7, 11) is 0. The van der Waals surface area contributed by atoms with Crippen LogP contribution in [0.1, 0.15) is 41.2 Å². The second-order valence-electron chi connectivity index (χ2n) is 7.26. The third-order valence-electron chi connectivity index (χ3n) is 5.39. The molecule has 5 nitrogen and oxygen atoms in total. The number of hydrogen-bond acceptors (Lipinski definition) is 6. The van der Waals surface area contributed by atoms with Gasteiger partial charge in [0.2, 0.25) is 0 Å². The summed E-state index contributed by atoms with van der Waals surface area (Å²) in [6.07, 6.45) is 2.05. The number of rotatable bonds is 4. The molecule has 3 heterocycles. The maximum Gasteiger partial charge on any atom is 0.257 e. The van der Waals surface area contributed by atoms with Gasteiger partial charge in [-0.25, -0.2) is 9.37 Å². The fourth-order valence-electron chi connectivity index (χ4n) is 4.01. The number of benzene rings is 1. The lowest BCUT2D eigenvalue weighted by molar-refractivity contribution is -0.116. The average molecular weight is 440 g/mol. The van der Waals surface area contributed by atoms with Crippen molar-refractivity contribution in [1.82, 2.24) is 9.97 Å². The van der Waals surface area contributed by atoms with Crippen LogP contribution in [0.5, 0.6) is 0 Å². The lowest BCUT2D eigenvalue weighted by atomic mass is 9.79. The smallest absolute Gasteiger partial charge is 0.257 e. The topological polar surface area (TPSA) is 74.8 Å².